The lowest BCUT2D eigenvalue weighted by Crippen LogP contribution is -2.55. The van der Waals surface area contributed by atoms with E-state index in [-0.39, 0.29) is 41.0 Å². The van der Waals surface area contributed by atoms with Crippen molar-refractivity contribution < 1.29 is 14.4 Å². The van der Waals surface area contributed by atoms with Crippen molar-refractivity contribution in [2.24, 2.45) is 23.2 Å². The SMILES string of the molecule is CCN[C@@H](C)C(=O)N1C[C@H]2[C@@H]([C@H]1C(=O)N[C@H](C#N)C[C@@H]1CCNC1=O)C2(C)C. The number of nitrogens with one attached hydrogen (secondary N) is 3. The first kappa shape index (κ1) is 20.6. The van der Waals surface area contributed by atoms with Crippen molar-refractivity contribution in [2.75, 3.05) is 19.6 Å². The van der Waals surface area contributed by atoms with Gasteiger partial charge in [-0.25, -0.2) is 0 Å². The van der Waals surface area contributed by atoms with E-state index in [1.807, 2.05) is 13.8 Å². The van der Waals surface area contributed by atoms with Gasteiger partial charge in [0.25, 0.3) is 0 Å². The quantitative estimate of drug-likeness (QED) is 0.567. The van der Waals surface area contributed by atoms with Gasteiger partial charge < -0.3 is 20.9 Å². The first-order valence-corrected chi connectivity index (χ1v) is 10.2. The first-order chi connectivity index (χ1) is 13.2. The Bertz CT molecular complexity index is 700. The molecular weight excluding hydrogens is 358 g/mol. The van der Waals surface area contributed by atoms with Gasteiger partial charge >= 0.3 is 0 Å². The Balaban J connectivity index is 1.70. The predicted molar refractivity (Wildman–Crippen MR) is 103 cm³/mol. The van der Waals surface area contributed by atoms with Gasteiger partial charge in [0.05, 0.1) is 12.1 Å². The van der Waals surface area contributed by atoms with Crippen LogP contribution in [-0.4, -0.2) is 60.4 Å². The van der Waals surface area contributed by atoms with Crippen LogP contribution in [0.4, 0.5) is 0 Å². The molecule has 1 saturated carbocycles. The van der Waals surface area contributed by atoms with Gasteiger partial charge in [-0.05, 0) is 43.6 Å². The smallest absolute Gasteiger partial charge is 0.244 e. The predicted octanol–water partition coefficient (Wildman–Crippen LogP) is 0.00198. The molecule has 3 N–H and O–H groups in total. The second kappa shape index (κ2) is 7.70. The largest absolute Gasteiger partial charge is 0.356 e. The number of likely N-dealkylation sites (N-methyl/N-ethyl adjacent to an activating group) is 1. The summed E-state index contributed by atoms with van der Waals surface area (Å²) in [5.41, 5.74) is 0.0215. The molecule has 0 bridgehead atoms. The lowest BCUT2D eigenvalue weighted by atomic mass is 9.97. The first-order valence-electron chi connectivity index (χ1n) is 10.2. The van der Waals surface area contributed by atoms with E-state index in [0.717, 1.165) is 0 Å². The van der Waals surface area contributed by atoms with Gasteiger partial charge in [0.1, 0.15) is 12.1 Å². The number of likely N-dealkylation sites (tertiary alicyclic amines) is 1. The molecule has 8 heteroatoms. The Morgan fingerprint density at radius 1 is 1.43 bits per heavy atom. The molecule has 2 aliphatic heterocycles. The number of nitrogens with zero attached hydrogens (tertiary/aromatic N) is 2. The van der Waals surface area contributed by atoms with Crippen LogP contribution in [0.5, 0.6) is 0 Å². The van der Waals surface area contributed by atoms with Gasteiger partial charge in [-0.1, -0.05) is 20.8 Å². The highest BCUT2D eigenvalue weighted by molar-refractivity contribution is 5.91. The minimum absolute atomic E-state index is 0.0215. The number of rotatable bonds is 7. The summed E-state index contributed by atoms with van der Waals surface area (Å²) in [4.78, 5) is 39.5. The number of piperidine rings is 1. The lowest BCUT2D eigenvalue weighted by molar-refractivity contribution is -0.141. The average molecular weight is 390 g/mol. The van der Waals surface area contributed by atoms with Crippen LogP contribution in [0.25, 0.3) is 0 Å². The zero-order valence-corrected chi connectivity index (χ0v) is 17.1. The van der Waals surface area contributed by atoms with Gasteiger partial charge in [0, 0.05) is 19.0 Å². The minimum Gasteiger partial charge on any atom is -0.356 e. The summed E-state index contributed by atoms with van der Waals surface area (Å²) in [6.45, 7) is 9.87. The number of carbonyl (C=O) groups is 3. The van der Waals surface area contributed by atoms with Crippen molar-refractivity contribution in [3.8, 4) is 6.07 Å². The summed E-state index contributed by atoms with van der Waals surface area (Å²) in [5, 5.41) is 18.2. The average Bonchev–Trinajstić information content (AvgIpc) is 3.03. The maximum atomic E-state index is 13.1. The summed E-state index contributed by atoms with van der Waals surface area (Å²) in [6, 6.07) is 0.476. The van der Waals surface area contributed by atoms with E-state index in [4.69, 9.17) is 0 Å². The highest BCUT2D eigenvalue weighted by atomic mass is 16.2. The topological polar surface area (TPSA) is 114 Å². The van der Waals surface area contributed by atoms with E-state index in [2.05, 4.69) is 35.9 Å². The molecule has 154 valence electrons. The molecule has 2 heterocycles. The van der Waals surface area contributed by atoms with Gasteiger partial charge in [-0.2, -0.15) is 5.26 Å². The van der Waals surface area contributed by atoms with E-state index >= 15 is 0 Å². The van der Waals surface area contributed by atoms with Crippen LogP contribution >= 0.6 is 0 Å². The van der Waals surface area contributed by atoms with Crippen LogP contribution in [0.15, 0.2) is 0 Å². The lowest BCUT2D eigenvalue weighted by Gasteiger charge is -2.32. The Morgan fingerprint density at radius 2 is 2.14 bits per heavy atom. The molecule has 3 fully saturated rings. The Kier molecular flexibility index (Phi) is 5.67. The van der Waals surface area contributed by atoms with E-state index in [1.165, 1.54) is 0 Å². The molecule has 8 nitrogen and oxygen atoms in total. The van der Waals surface area contributed by atoms with Gasteiger partial charge in [-0.15, -0.1) is 0 Å². The molecule has 0 aromatic carbocycles. The third-order valence-electron chi connectivity index (χ3n) is 6.80. The molecule has 0 aromatic rings. The molecule has 28 heavy (non-hydrogen) atoms. The van der Waals surface area contributed by atoms with Crippen molar-refractivity contribution in [1.82, 2.24) is 20.9 Å². The zero-order valence-electron chi connectivity index (χ0n) is 17.1. The molecule has 0 unspecified atom stereocenters. The molecule has 2 saturated heterocycles. The second-order valence-corrected chi connectivity index (χ2v) is 8.87. The summed E-state index contributed by atoms with van der Waals surface area (Å²) in [6.07, 6.45) is 0.985. The van der Waals surface area contributed by atoms with Crippen molar-refractivity contribution in [2.45, 2.75) is 58.7 Å². The van der Waals surface area contributed by atoms with Crippen LogP contribution in [-0.2, 0) is 14.4 Å². The van der Waals surface area contributed by atoms with Crippen molar-refractivity contribution >= 4 is 17.7 Å². The number of carbonyl (C=O) groups excluding carboxylic acids is 3. The summed E-state index contributed by atoms with van der Waals surface area (Å²) >= 11 is 0. The molecule has 0 radical (unpaired) electrons. The van der Waals surface area contributed by atoms with Crippen molar-refractivity contribution in [3.63, 3.8) is 0 Å². The van der Waals surface area contributed by atoms with Crippen LogP contribution in [0.3, 0.4) is 0 Å². The van der Waals surface area contributed by atoms with E-state index in [9.17, 15) is 19.6 Å². The molecule has 0 spiro atoms. The summed E-state index contributed by atoms with van der Waals surface area (Å²) in [7, 11) is 0. The molecule has 1 aliphatic carbocycles. The number of hydrogen-bond donors (Lipinski definition) is 3. The van der Waals surface area contributed by atoms with Crippen molar-refractivity contribution in [3.05, 3.63) is 0 Å². The molecule has 6 atom stereocenters. The van der Waals surface area contributed by atoms with Gasteiger partial charge in [0.2, 0.25) is 17.7 Å². The molecule has 0 aromatic heterocycles. The van der Waals surface area contributed by atoms with Gasteiger partial charge in [-0.3, -0.25) is 14.4 Å². The third kappa shape index (κ3) is 3.60. The number of amides is 3. The van der Waals surface area contributed by atoms with Crippen LogP contribution in [0.2, 0.25) is 0 Å². The summed E-state index contributed by atoms with van der Waals surface area (Å²) < 4.78 is 0. The molecule has 3 rings (SSSR count). The van der Waals surface area contributed by atoms with E-state index in [1.54, 1.807) is 4.90 Å². The van der Waals surface area contributed by atoms with Crippen LogP contribution in [0, 0.1) is 34.5 Å². The Hall–Kier alpha value is -2.14. The van der Waals surface area contributed by atoms with Crippen LogP contribution < -0.4 is 16.0 Å². The fourth-order valence-electron chi connectivity index (χ4n) is 5.01. The minimum atomic E-state index is -0.731. The number of fused-ring (bicyclic) bond motifs is 1. The Morgan fingerprint density at radius 3 is 2.71 bits per heavy atom. The Labute approximate surface area is 166 Å². The standard InChI is InChI=1S/C20H31N5O3/c1-5-22-11(2)19(28)25-10-14-15(20(14,3)4)16(25)18(27)24-13(9-21)8-12-6-7-23-17(12)26/h11-16,22H,5-8,10H2,1-4H3,(H,23,26)(H,24,27)/t11-,12-,13-,14-,15-,16-/m0/s1. The number of nitriles is 1. The fraction of sp³-hybridized carbons (Fsp3) is 0.800. The van der Waals surface area contributed by atoms with Crippen LogP contribution in [0.1, 0.15) is 40.5 Å². The third-order valence-corrected chi connectivity index (χ3v) is 6.80. The van der Waals surface area contributed by atoms with Crippen molar-refractivity contribution in [1.29, 1.82) is 5.26 Å². The fourth-order valence-corrected chi connectivity index (χ4v) is 5.01. The monoisotopic (exact) mass is 389 g/mol. The highest BCUT2D eigenvalue weighted by Gasteiger charge is 2.69. The molecule has 3 amide bonds. The maximum Gasteiger partial charge on any atom is 0.244 e. The number of hydrogen-bond acceptors (Lipinski definition) is 5. The summed E-state index contributed by atoms with van der Waals surface area (Å²) in [5.74, 6) is -0.240. The zero-order chi connectivity index (χ0) is 20.6. The molecular formula is C20H31N5O3. The molecule has 3 aliphatic rings. The second-order valence-electron chi connectivity index (χ2n) is 8.87. The highest BCUT2D eigenvalue weighted by Crippen LogP contribution is 2.64. The maximum absolute atomic E-state index is 13.1. The van der Waals surface area contributed by atoms with E-state index < -0.39 is 12.1 Å². The normalized spacial score (nSPS) is 32.1. The van der Waals surface area contributed by atoms with E-state index in [0.29, 0.717) is 38.4 Å². The van der Waals surface area contributed by atoms with Gasteiger partial charge in [0.15, 0.2) is 0 Å².